The van der Waals surface area contributed by atoms with Crippen LogP contribution in [0.25, 0.3) is 16.5 Å². The normalized spacial score (nSPS) is 19.2. The lowest BCUT2D eigenvalue weighted by molar-refractivity contribution is -0.136. The van der Waals surface area contributed by atoms with Gasteiger partial charge in [-0.15, -0.1) is 0 Å². The van der Waals surface area contributed by atoms with Gasteiger partial charge in [-0.1, -0.05) is 42.5 Å². The van der Waals surface area contributed by atoms with E-state index in [1.165, 1.54) is 36.5 Å². The summed E-state index contributed by atoms with van der Waals surface area (Å²) in [6, 6.07) is 9.31. The number of sulfone groups is 1. The highest BCUT2D eigenvalue weighted by Gasteiger charge is 2.45. The van der Waals surface area contributed by atoms with Crippen molar-refractivity contribution in [2.24, 2.45) is 0 Å². The Labute approximate surface area is 183 Å². The fraction of sp³-hybridized carbons (Fsp3) is 0.208. The molecule has 3 nitrogen and oxygen atoms in total. The molecule has 1 atom stereocenters. The van der Waals surface area contributed by atoms with Crippen molar-refractivity contribution >= 4 is 26.3 Å². The Kier molecular flexibility index (Phi) is 5.24. The van der Waals surface area contributed by atoms with Gasteiger partial charge in [-0.2, -0.15) is 13.2 Å². The number of allylic oxidation sites excluding steroid dienone is 3. The average molecular weight is 461 g/mol. The molecule has 0 amide bonds. The highest BCUT2D eigenvalue weighted by atomic mass is 32.2. The van der Waals surface area contributed by atoms with E-state index in [1.807, 2.05) is 0 Å². The fourth-order valence-corrected chi connectivity index (χ4v) is 5.69. The second kappa shape index (κ2) is 7.55. The topological polar surface area (TPSA) is 47.0 Å². The minimum atomic E-state index is -4.64. The maximum atomic E-state index is 13.6. The first kappa shape index (κ1) is 22.2. The van der Waals surface area contributed by atoms with E-state index in [1.54, 1.807) is 31.2 Å². The minimum Gasteiger partial charge on any atom is -0.255 e. The summed E-state index contributed by atoms with van der Waals surface area (Å²) >= 11 is 0. The Bertz CT molecular complexity index is 1370. The molecular weight excluding hydrogens is 442 g/mol. The van der Waals surface area contributed by atoms with Crippen LogP contribution in [0.15, 0.2) is 66.9 Å². The molecule has 1 unspecified atom stereocenters. The van der Waals surface area contributed by atoms with Crippen LogP contribution in [0.2, 0.25) is 0 Å². The summed E-state index contributed by atoms with van der Waals surface area (Å²) in [6.45, 7) is 1.64. The van der Waals surface area contributed by atoms with Crippen LogP contribution in [-0.2, 0) is 20.8 Å². The van der Waals surface area contributed by atoms with Crippen molar-refractivity contribution in [3.05, 3.63) is 95.0 Å². The van der Waals surface area contributed by atoms with E-state index in [0.717, 1.165) is 12.3 Å². The number of aromatic nitrogens is 1. The first-order valence-electron chi connectivity index (χ1n) is 9.74. The lowest BCUT2D eigenvalue weighted by Gasteiger charge is -2.35. The number of benzene rings is 2. The number of nitrogens with zero attached hydrogens (tertiary/aromatic N) is 1. The molecule has 8 heteroatoms. The second-order valence-corrected chi connectivity index (χ2v) is 10.2. The molecule has 0 fully saturated rings. The van der Waals surface area contributed by atoms with Gasteiger partial charge in [-0.05, 0) is 47.4 Å². The summed E-state index contributed by atoms with van der Waals surface area (Å²) in [5, 5.41) is 0.134. The Balaban J connectivity index is 2.01. The van der Waals surface area contributed by atoms with Gasteiger partial charge in [0, 0.05) is 24.3 Å². The Morgan fingerprint density at radius 3 is 2.38 bits per heavy atom. The van der Waals surface area contributed by atoms with Crippen LogP contribution in [0.1, 0.15) is 28.7 Å². The summed E-state index contributed by atoms with van der Waals surface area (Å²) < 4.78 is 79.1. The van der Waals surface area contributed by atoms with Crippen molar-refractivity contribution in [1.29, 1.82) is 0 Å². The standard InChI is InChI=1S/C24H19F4NO2S/c1-15-14-29-22-19(6-3-7-20(22)24(26,27)28)21(15)23(32(2,30)31)12-4-5-17(13-23)16-8-10-18(25)11-9-16/h3-12,14H,13H2,1-2H3. The summed E-state index contributed by atoms with van der Waals surface area (Å²) in [5.74, 6) is -0.425. The zero-order chi connectivity index (χ0) is 23.3. The monoisotopic (exact) mass is 461 g/mol. The lowest BCUT2D eigenvalue weighted by atomic mass is 9.81. The zero-order valence-corrected chi connectivity index (χ0v) is 18.1. The van der Waals surface area contributed by atoms with Gasteiger partial charge in [0.05, 0.1) is 11.1 Å². The number of halogens is 4. The summed E-state index contributed by atoms with van der Waals surface area (Å²) in [6.07, 6.45) is 2.54. The molecular formula is C24H19F4NO2S. The highest BCUT2D eigenvalue weighted by molar-refractivity contribution is 7.91. The molecule has 1 aromatic heterocycles. The number of para-hydroxylation sites is 1. The zero-order valence-electron chi connectivity index (χ0n) is 17.2. The van der Waals surface area contributed by atoms with Gasteiger partial charge in [-0.25, -0.2) is 12.8 Å². The van der Waals surface area contributed by atoms with Gasteiger partial charge in [0.25, 0.3) is 0 Å². The lowest BCUT2D eigenvalue weighted by Crippen LogP contribution is -2.36. The third-order valence-corrected chi connectivity index (χ3v) is 7.62. The molecule has 4 rings (SSSR count). The Morgan fingerprint density at radius 1 is 1.06 bits per heavy atom. The van der Waals surface area contributed by atoms with Gasteiger partial charge in [0.1, 0.15) is 10.6 Å². The molecule has 0 N–H and O–H groups in total. The van der Waals surface area contributed by atoms with Crippen LogP contribution in [0.3, 0.4) is 0 Å². The minimum absolute atomic E-state index is 0.00976. The molecule has 166 valence electrons. The van der Waals surface area contributed by atoms with Crippen LogP contribution in [0.4, 0.5) is 17.6 Å². The van der Waals surface area contributed by atoms with E-state index < -0.39 is 32.1 Å². The SMILES string of the molecule is Cc1cnc2c(C(F)(F)F)cccc2c1C1(S(C)(=O)=O)C=CC=C(c2ccc(F)cc2)C1. The maximum absolute atomic E-state index is 13.6. The van der Waals surface area contributed by atoms with Crippen molar-refractivity contribution in [2.75, 3.05) is 6.26 Å². The van der Waals surface area contributed by atoms with E-state index in [4.69, 9.17) is 0 Å². The largest absolute Gasteiger partial charge is 0.418 e. The van der Waals surface area contributed by atoms with Crippen molar-refractivity contribution in [1.82, 2.24) is 4.98 Å². The Morgan fingerprint density at radius 2 is 1.75 bits per heavy atom. The van der Waals surface area contributed by atoms with E-state index in [9.17, 15) is 26.0 Å². The molecule has 1 aliphatic carbocycles. The van der Waals surface area contributed by atoms with E-state index in [0.29, 0.717) is 16.7 Å². The molecule has 0 bridgehead atoms. The molecule has 1 heterocycles. The molecule has 0 aliphatic heterocycles. The van der Waals surface area contributed by atoms with Crippen LogP contribution < -0.4 is 0 Å². The molecule has 0 saturated carbocycles. The summed E-state index contributed by atoms with van der Waals surface area (Å²) in [5.41, 5.74) is 0.779. The van der Waals surface area contributed by atoms with Crippen molar-refractivity contribution < 1.29 is 26.0 Å². The van der Waals surface area contributed by atoms with Gasteiger partial charge in [0.15, 0.2) is 9.84 Å². The molecule has 2 aromatic carbocycles. The van der Waals surface area contributed by atoms with E-state index >= 15 is 0 Å². The predicted molar refractivity (Wildman–Crippen MR) is 116 cm³/mol. The number of rotatable bonds is 3. The van der Waals surface area contributed by atoms with Crippen molar-refractivity contribution in [3.8, 4) is 0 Å². The highest BCUT2D eigenvalue weighted by Crippen LogP contribution is 2.47. The number of hydrogen-bond donors (Lipinski definition) is 0. The molecule has 32 heavy (non-hydrogen) atoms. The number of fused-ring (bicyclic) bond motifs is 1. The third kappa shape index (κ3) is 3.62. The fourth-order valence-electron chi connectivity index (χ4n) is 4.31. The van der Waals surface area contributed by atoms with Gasteiger partial charge in [-0.3, -0.25) is 4.98 Å². The van der Waals surface area contributed by atoms with Crippen LogP contribution in [0.5, 0.6) is 0 Å². The van der Waals surface area contributed by atoms with Crippen LogP contribution >= 0.6 is 0 Å². The van der Waals surface area contributed by atoms with Crippen molar-refractivity contribution in [3.63, 3.8) is 0 Å². The Hall–Kier alpha value is -3.00. The van der Waals surface area contributed by atoms with E-state index in [2.05, 4.69) is 4.98 Å². The van der Waals surface area contributed by atoms with Gasteiger partial charge >= 0.3 is 6.18 Å². The maximum Gasteiger partial charge on any atom is 0.418 e. The molecule has 0 spiro atoms. The smallest absolute Gasteiger partial charge is 0.255 e. The third-order valence-electron chi connectivity index (χ3n) is 5.81. The number of pyridine rings is 1. The van der Waals surface area contributed by atoms with Gasteiger partial charge < -0.3 is 0 Å². The predicted octanol–water partition coefficient (Wildman–Crippen LogP) is 5.98. The molecule has 1 aliphatic rings. The quantitative estimate of drug-likeness (QED) is 0.451. The summed E-state index contributed by atoms with van der Waals surface area (Å²) in [4.78, 5) is 4.01. The van der Waals surface area contributed by atoms with Crippen molar-refractivity contribution in [2.45, 2.75) is 24.3 Å². The first-order valence-corrected chi connectivity index (χ1v) is 11.6. The molecule has 0 radical (unpaired) electrons. The van der Waals surface area contributed by atoms with Crippen LogP contribution in [-0.4, -0.2) is 19.7 Å². The number of hydrogen-bond acceptors (Lipinski definition) is 3. The molecule has 0 saturated heterocycles. The second-order valence-electron chi connectivity index (χ2n) is 7.91. The molecule has 3 aromatic rings. The average Bonchev–Trinajstić information content (AvgIpc) is 2.72. The summed E-state index contributed by atoms with van der Waals surface area (Å²) in [7, 11) is -3.86. The van der Waals surface area contributed by atoms with Gasteiger partial charge in [0.2, 0.25) is 0 Å². The number of aryl methyl sites for hydroxylation is 1. The number of alkyl halides is 3. The van der Waals surface area contributed by atoms with E-state index in [-0.39, 0.29) is 22.9 Å². The van der Waals surface area contributed by atoms with Crippen LogP contribution in [0, 0.1) is 12.7 Å². The first-order chi connectivity index (χ1) is 14.9.